The molecule has 27 heavy (non-hydrogen) atoms. The van der Waals surface area contributed by atoms with Crippen molar-refractivity contribution in [3.63, 3.8) is 0 Å². The molecule has 0 bridgehead atoms. The molecule has 0 saturated heterocycles. The van der Waals surface area contributed by atoms with Crippen LogP contribution in [0, 0.1) is 0 Å². The second kappa shape index (κ2) is 5.67. The van der Waals surface area contributed by atoms with E-state index < -0.39 is 4.75 Å². The predicted molar refractivity (Wildman–Crippen MR) is 104 cm³/mol. The summed E-state index contributed by atoms with van der Waals surface area (Å²) in [5.41, 5.74) is 2.12. The molecule has 6 nitrogen and oxygen atoms in total. The lowest BCUT2D eigenvalue weighted by Crippen LogP contribution is -2.24. The van der Waals surface area contributed by atoms with Crippen molar-refractivity contribution < 1.29 is 14.2 Å². The normalized spacial score (nSPS) is 21.4. The van der Waals surface area contributed by atoms with Crippen LogP contribution in [0.3, 0.4) is 0 Å². The van der Waals surface area contributed by atoms with Crippen molar-refractivity contribution in [2.75, 3.05) is 17.7 Å². The van der Waals surface area contributed by atoms with E-state index in [-0.39, 0.29) is 6.79 Å². The fourth-order valence-electron chi connectivity index (χ4n) is 3.64. The zero-order valence-electron chi connectivity index (χ0n) is 13.8. The van der Waals surface area contributed by atoms with Crippen LogP contribution >= 0.6 is 34.9 Å². The quantitative estimate of drug-likeness (QED) is 0.578. The maximum absolute atomic E-state index is 6.11. The van der Waals surface area contributed by atoms with Crippen LogP contribution < -0.4 is 18.5 Å². The van der Waals surface area contributed by atoms with E-state index in [2.05, 4.69) is 26.4 Å². The molecular weight excluding hydrogens is 406 g/mol. The van der Waals surface area contributed by atoms with E-state index in [0.29, 0.717) is 24.1 Å². The summed E-state index contributed by atoms with van der Waals surface area (Å²) < 4.78 is 19.5. The Bertz CT molecular complexity index is 1080. The number of halogens is 1. The van der Waals surface area contributed by atoms with E-state index in [4.69, 9.17) is 25.8 Å². The molecule has 0 radical (unpaired) electrons. The summed E-state index contributed by atoms with van der Waals surface area (Å²) in [6.45, 7) is 1.40. The van der Waals surface area contributed by atoms with Gasteiger partial charge in [0.05, 0.1) is 10.9 Å². The molecule has 0 fully saturated rings. The molecule has 0 N–H and O–H groups in total. The molecule has 9 heteroatoms. The largest absolute Gasteiger partial charge is 0.475 e. The summed E-state index contributed by atoms with van der Waals surface area (Å²) in [7, 11) is 0. The Morgan fingerprint density at radius 2 is 2.11 bits per heavy atom. The van der Waals surface area contributed by atoms with E-state index in [1.165, 1.54) is 4.88 Å². The third-order valence-electron chi connectivity index (χ3n) is 4.83. The summed E-state index contributed by atoms with van der Waals surface area (Å²) >= 11 is 9.41. The first kappa shape index (κ1) is 15.9. The zero-order valence-corrected chi connectivity index (χ0v) is 16.2. The van der Waals surface area contributed by atoms with E-state index >= 15 is 0 Å². The number of hydrogen-bond acceptors (Lipinski definition) is 8. The Morgan fingerprint density at radius 3 is 3.00 bits per heavy atom. The second-order valence-electron chi connectivity index (χ2n) is 6.37. The Balaban J connectivity index is 1.46. The molecular formula is C18H12ClN3O3S2. The average molecular weight is 418 g/mol. The number of thiophene rings is 1. The fourth-order valence-corrected chi connectivity index (χ4v) is 6.22. The van der Waals surface area contributed by atoms with Crippen LogP contribution in [0.2, 0.25) is 4.34 Å². The number of fused-ring (bicyclic) bond motifs is 5. The van der Waals surface area contributed by atoms with Crippen molar-refractivity contribution in [1.82, 2.24) is 9.97 Å². The minimum absolute atomic E-state index is 0.189. The second-order valence-corrected chi connectivity index (χ2v) is 9.49. The van der Waals surface area contributed by atoms with Gasteiger partial charge in [0.1, 0.15) is 17.2 Å². The van der Waals surface area contributed by atoms with Gasteiger partial charge in [0.25, 0.3) is 5.88 Å². The van der Waals surface area contributed by atoms with Crippen LogP contribution in [0.15, 0.2) is 36.5 Å². The SMILES string of the molecule is Clc1ccc(CN2SC3(COc4nc5c(cc43)OCO5)c3cccnc32)s1. The Kier molecular flexibility index (Phi) is 3.33. The van der Waals surface area contributed by atoms with Crippen molar-refractivity contribution in [2.24, 2.45) is 0 Å². The van der Waals surface area contributed by atoms with E-state index in [9.17, 15) is 0 Å². The highest BCUT2D eigenvalue weighted by Crippen LogP contribution is 2.60. The van der Waals surface area contributed by atoms with Gasteiger partial charge in [0, 0.05) is 22.2 Å². The molecule has 3 aliphatic rings. The molecule has 0 saturated carbocycles. The van der Waals surface area contributed by atoms with Gasteiger partial charge in [-0.05, 0) is 36.2 Å². The first-order valence-electron chi connectivity index (χ1n) is 8.33. The number of anilines is 1. The van der Waals surface area contributed by atoms with Crippen LogP contribution in [0.4, 0.5) is 5.82 Å². The minimum Gasteiger partial charge on any atom is -0.475 e. The summed E-state index contributed by atoms with van der Waals surface area (Å²) in [6, 6.07) is 10.0. The van der Waals surface area contributed by atoms with Gasteiger partial charge in [-0.2, -0.15) is 4.98 Å². The molecule has 1 atom stereocenters. The Morgan fingerprint density at radius 1 is 1.15 bits per heavy atom. The molecule has 0 aliphatic carbocycles. The molecule has 3 aromatic rings. The molecule has 0 aromatic carbocycles. The molecule has 3 aliphatic heterocycles. The molecule has 1 unspecified atom stereocenters. The maximum atomic E-state index is 6.11. The highest BCUT2D eigenvalue weighted by molar-refractivity contribution is 8.02. The third-order valence-corrected chi connectivity index (χ3v) is 7.44. The summed E-state index contributed by atoms with van der Waals surface area (Å²) in [5.74, 6) is 2.70. The Hall–Kier alpha value is -2.16. The first-order valence-corrected chi connectivity index (χ1v) is 10.3. The molecule has 136 valence electrons. The standard InChI is InChI=1S/C18H12ClN3O3S2/c19-14-4-3-10(26-14)7-22-15-11(2-1-5-20-15)18(27-22)8-23-16-12(18)6-13-17(21-16)25-9-24-13/h1-6H,7-9H2. The maximum Gasteiger partial charge on any atom is 0.263 e. The lowest BCUT2D eigenvalue weighted by molar-refractivity contribution is 0.170. The number of nitrogens with zero attached hydrogens (tertiary/aromatic N) is 3. The number of ether oxygens (including phenoxy) is 3. The van der Waals surface area contributed by atoms with Crippen LogP contribution in [0.1, 0.15) is 16.0 Å². The number of aromatic nitrogens is 2. The van der Waals surface area contributed by atoms with Crippen LogP contribution in [0.25, 0.3) is 0 Å². The Labute approximate surface area is 168 Å². The van der Waals surface area contributed by atoms with Gasteiger partial charge in [-0.1, -0.05) is 17.7 Å². The van der Waals surface area contributed by atoms with Crippen molar-refractivity contribution in [3.8, 4) is 17.5 Å². The zero-order chi connectivity index (χ0) is 18.0. The molecule has 1 spiro atoms. The molecule has 6 heterocycles. The van der Waals surface area contributed by atoms with Crippen molar-refractivity contribution in [2.45, 2.75) is 11.3 Å². The highest BCUT2D eigenvalue weighted by Gasteiger charge is 2.53. The van der Waals surface area contributed by atoms with E-state index in [0.717, 1.165) is 27.8 Å². The van der Waals surface area contributed by atoms with E-state index in [1.807, 2.05) is 24.4 Å². The van der Waals surface area contributed by atoms with Crippen molar-refractivity contribution >= 4 is 40.7 Å². The smallest absolute Gasteiger partial charge is 0.263 e. The van der Waals surface area contributed by atoms with Crippen molar-refractivity contribution in [3.05, 3.63) is 56.9 Å². The van der Waals surface area contributed by atoms with E-state index in [1.54, 1.807) is 23.3 Å². The highest BCUT2D eigenvalue weighted by atomic mass is 35.5. The fraction of sp³-hybridized carbons (Fsp3) is 0.222. The van der Waals surface area contributed by atoms with Crippen molar-refractivity contribution in [1.29, 1.82) is 0 Å². The average Bonchev–Trinajstić information content (AvgIpc) is 3.43. The van der Waals surface area contributed by atoms with Crippen LogP contribution in [0.5, 0.6) is 17.5 Å². The predicted octanol–water partition coefficient (Wildman–Crippen LogP) is 4.22. The van der Waals surface area contributed by atoms with Gasteiger partial charge in [0.2, 0.25) is 12.7 Å². The van der Waals surface area contributed by atoms with Gasteiger partial charge in [-0.3, -0.25) is 4.31 Å². The first-order chi connectivity index (χ1) is 13.2. The molecule has 0 amide bonds. The van der Waals surface area contributed by atoms with Gasteiger partial charge < -0.3 is 14.2 Å². The monoisotopic (exact) mass is 417 g/mol. The number of pyridine rings is 2. The van der Waals surface area contributed by atoms with Gasteiger partial charge in [-0.15, -0.1) is 11.3 Å². The number of rotatable bonds is 2. The van der Waals surface area contributed by atoms with Gasteiger partial charge in [-0.25, -0.2) is 4.98 Å². The van der Waals surface area contributed by atoms with Crippen LogP contribution in [-0.4, -0.2) is 23.4 Å². The number of hydrogen-bond donors (Lipinski definition) is 0. The van der Waals surface area contributed by atoms with Gasteiger partial charge in [0.15, 0.2) is 5.75 Å². The molecule has 6 rings (SSSR count). The third kappa shape index (κ3) is 2.27. The summed E-state index contributed by atoms with van der Waals surface area (Å²) in [6.07, 6.45) is 1.82. The lowest BCUT2D eigenvalue weighted by atomic mass is 9.93. The van der Waals surface area contributed by atoms with Gasteiger partial charge >= 0.3 is 0 Å². The topological polar surface area (TPSA) is 56.7 Å². The summed E-state index contributed by atoms with van der Waals surface area (Å²) in [5, 5.41) is 0. The lowest BCUT2D eigenvalue weighted by Gasteiger charge is -2.22. The summed E-state index contributed by atoms with van der Waals surface area (Å²) in [4.78, 5) is 10.3. The minimum atomic E-state index is -0.395. The molecule has 3 aromatic heterocycles. The van der Waals surface area contributed by atoms with Crippen LogP contribution in [-0.2, 0) is 11.3 Å².